The quantitative estimate of drug-likeness (QED) is 0.111. The zero-order valence-corrected chi connectivity index (χ0v) is 21.3. The zero-order chi connectivity index (χ0) is 24.6. The third-order valence-electron chi connectivity index (χ3n) is 4.30. The summed E-state index contributed by atoms with van der Waals surface area (Å²) in [6.45, 7) is 12.1. The van der Waals surface area contributed by atoms with E-state index < -0.39 is 0 Å². The minimum atomic E-state index is 0.315. The smallest absolute Gasteiger partial charge is 0.107 e. The van der Waals surface area contributed by atoms with Crippen molar-refractivity contribution in [3.8, 4) is 12.3 Å². The Morgan fingerprint density at radius 3 is 0.971 bits per heavy atom. The van der Waals surface area contributed by atoms with Crippen molar-refractivity contribution in [2.75, 3.05) is 119 Å². The van der Waals surface area contributed by atoms with Crippen LogP contribution in [0.25, 0.3) is 0 Å². The van der Waals surface area contributed by atoms with Gasteiger partial charge in [-0.05, 0) is 6.42 Å². The molecule has 0 aliphatic carbocycles. The first kappa shape index (κ1) is 33.2. The first-order chi connectivity index (χ1) is 16.9. The van der Waals surface area contributed by atoms with E-state index in [1.54, 1.807) is 0 Å². The Kier molecular flexibility index (Phi) is 31.4. The van der Waals surface area contributed by atoms with Gasteiger partial charge in [-0.2, -0.15) is 0 Å². The second-order valence-electron chi connectivity index (χ2n) is 7.22. The molecular weight excluding hydrogens is 444 g/mol. The maximum atomic E-state index is 5.51. The molecule has 0 heterocycles. The topological polar surface area (TPSA) is 83.1 Å². The van der Waals surface area contributed by atoms with Gasteiger partial charge in [-0.3, -0.25) is 0 Å². The van der Waals surface area contributed by atoms with Crippen LogP contribution < -0.4 is 0 Å². The van der Waals surface area contributed by atoms with Crippen LogP contribution in [0.3, 0.4) is 0 Å². The van der Waals surface area contributed by atoms with E-state index in [0.717, 1.165) is 13.0 Å². The van der Waals surface area contributed by atoms with Gasteiger partial charge in [0.1, 0.15) is 6.61 Å². The molecule has 0 fully saturated rings. The summed E-state index contributed by atoms with van der Waals surface area (Å²) in [5, 5.41) is 0. The van der Waals surface area contributed by atoms with Crippen molar-refractivity contribution in [2.45, 2.75) is 32.6 Å². The lowest BCUT2D eigenvalue weighted by atomic mass is 10.2. The molecule has 0 saturated carbocycles. The van der Waals surface area contributed by atoms with Gasteiger partial charge in [0.2, 0.25) is 0 Å². The molecule has 0 aromatic heterocycles. The van der Waals surface area contributed by atoms with Gasteiger partial charge in [0, 0.05) is 6.61 Å². The minimum Gasteiger partial charge on any atom is -0.379 e. The summed E-state index contributed by atoms with van der Waals surface area (Å²) >= 11 is 0. The number of hydrogen-bond acceptors (Lipinski definition) is 9. The molecule has 0 aromatic carbocycles. The molecule has 0 aliphatic heterocycles. The van der Waals surface area contributed by atoms with Gasteiger partial charge >= 0.3 is 0 Å². The molecule has 202 valence electrons. The van der Waals surface area contributed by atoms with Crippen molar-refractivity contribution in [3.05, 3.63) is 0 Å². The Labute approximate surface area is 207 Å². The van der Waals surface area contributed by atoms with Crippen molar-refractivity contribution in [1.82, 2.24) is 0 Å². The normalized spacial score (nSPS) is 11.2. The lowest BCUT2D eigenvalue weighted by Crippen LogP contribution is -2.15. The van der Waals surface area contributed by atoms with E-state index >= 15 is 0 Å². The van der Waals surface area contributed by atoms with Crippen LogP contribution in [-0.2, 0) is 42.6 Å². The SMILES string of the molecule is C#CCOCCOCCOCCOCCOCCOCCOCCOCCOCCCCCC. The molecule has 9 heteroatoms. The van der Waals surface area contributed by atoms with E-state index in [4.69, 9.17) is 49.1 Å². The third kappa shape index (κ3) is 31.2. The highest BCUT2D eigenvalue weighted by molar-refractivity contribution is 4.82. The van der Waals surface area contributed by atoms with Gasteiger partial charge in [0.05, 0.1) is 106 Å². The summed E-state index contributed by atoms with van der Waals surface area (Å²) in [7, 11) is 0. The average Bonchev–Trinajstić information content (AvgIpc) is 2.85. The molecule has 9 nitrogen and oxygen atoms in total. The van der Waals surface area contributed by atoms with Crippen LogP contribution in [0.1, 0.15) is 32.6 Å². The fourth-order valence-corrected chi connectivity index (χ4v) is 2.52. The molecule has 0 atom stereocenters. The fourth-order valence-electron chi connectivity index (χ4n) is 2.52. The number of terminal acetylenes is 1. The van der Waals surface area contributed by atoms with Crippen LogP contribution in [0.5, 0.6) is 0 Å². The Bertz CT molecular complexity index is 404. The fraction of sp³-hybridized carbons (Fsp3) is 0.920. The van der Waals surface area contributed by atoms with Crippen LogP contribution in [0.15, 0.2) is 0 Å². The van der Waals surface area contributed by atoms with Gasteiger partial charge in [0.15, 0.2) is 0 Å². The van der Waals surface area contributed by atoms with E-state index in [1.807, 2.05) is 0 Å². The molecular formula is C25H48O9. The lowest BCUT2D eigenvalue weighted by molar-refractivity contribution is -0.0246. The number of unbranched alkanes of at least 4 members (excludes halogenated alkanes) is 3. The van der Waals surface area contributed by atoms with Crippen molar-refractivity contribution >= 4 is 0 Å². The maximum absolute atomic E-state index is 5.51. The average molecular weight is 493 g/mol. The molecule has 0 rings (SSSR count). The van der Waals surface area contributed by atoms with Gasteiger partial charge in [0.25, 0.3) is 0 Å². The number of rotatable bonds is 30. The van der Waals surface area contributed by atoms with Crippen molar-refractivity contribution in [3.63, 3.8) is 0 Å². The third-order valence-corrected chi connectivity index (χ3v) is 4.30. The first-order valence-corrected chi connectivity index (χ1v) is 12.5. The van der Waals surface area contributed by atoms with Crippen LogP contribution in [0, 0.1) is 12.3 Å². The van der Waals surface area contributed by atoms with Gasteiger partial charge in [-0.1, -0.05) is 32.1 Å². The largest absolute Gasteiger partial charge is 0.379 e. The summed E-state index contributed by atoms with van der Waals surface area (Å²) in [6.07, 6.45) is 9.98. The molecule has 0 bridgehead atoms. The van der Waals surface area contributed by atoms with E-state index in [1.165, 1.54) is 19.3 Å². The van der Waals surface area contributed by atoms with E-state index in [9.17, 15) is 0 Å². The highest BCUT2D eigenvalue weighted by Gasteiger charge is 1.95. The van der Waals surface area contributed by atoms with Crippen LogP contribution >= 0.6 is 0 Å². The molecule has 0 spiro atoms. The van der Waals surface area contributed by atoms with E-state index in [-0.39, 0.29) is 0 Å². The standard InChI is InChI=1S/C25H48O9/c1-3-5-6-7-9-27-11-13-29-15-17-31-19-21-33-23-25-34-24-22-32-20-18-30-16-14-28-12-10-26-8-4-2/h2H,3,5-25H2,1H3. The van der Waals surface area contributed by atoms with Crippen LogP contribution in [0.4, 0.5) is 0 Å². The Balaban J connectivity index is 3.00. The second kappa shape index (κ2) is 32.2. The predicted octanol–water partition coefficient (Wildman–Crippen LogP) is 2.35. The Hall–Kier alpha value is -0.800. The Morgan fingerprint density at radius 1 is 0.382 bits per heavy atom. The van der Waals surface area contributed by atoms with Crippen LogP contribution in [0.2, 0.25) is 0 Å². The Morgan fingerprint density at radius 2 is 0.676 bits per heavy atom. The molecule has 0 saturated heterocycles. The minimum absolute atomic E-state index is 0.315. The predicted molar refractivity (Wildman–Crippen MR) is 130 cm³/mol. The van der Waals surface area contributed by atoms with Gasteiger partial charge in [-0.25, -0.2) is 0 Å². The summed E-state index contributed by atoms with van der Waals surface area (Å²) in [4.78, 5) is 0. The molecule has 34 heavy (non-hydrogen) atoms. The van der Waals surface area contributed by atoms with Gasteiger partial charge in [-0.15, -0.1) is 6.42 Å². The summed E-state index contributed by atoms with van der Waals surface area (Å²) < 4.78 is 48.6. The molecule has 0 unspecified atom stereocenters. The maximum Gasteiger partial charge on any atom is 0.107 e. The summed E-state index contributed by atoms with van der Waals surface area (Å²) in [6, 6.07) is 0. The highest BCUT2D eigenvalue weighted by Crippen LogP contribution is 1.98. The molecule has 0 aliphatic rings. The zero-order valence-electron chi connectivity index (χ0n) is 21.3. The molecule has 0 N–H and O–H groups in total. The van der Waals surface area contributed by atoms with Gasteiger partial charge < -0.3 is 42.6 Å². The number of hydrogen-bond donors (Lipinski definition) is 0. The van der Waals surface area contributed by atoms with Crippen LogP contribution in [-0.4, -0.2) is 119 Å². The first-order valence-electron chi connectivity index (χ1n) is 12.5. The number of ether oxygens (including phenoxy) is 9. The summed E-state index contributed by atoms with van der Waals surface area (Å²) in [5.41, 5.74) is 0. The lowest BCUT2D eigenvalue weighted by Gasteiger charge is -2.08. The molecule has 0 radical (unpaired) electrons. The monoisotopic (exact) mass is 492 g/mol. The second-order valence-corrected chi connectivity index (χ2v) is 7.22. The highest BCUT2D eigenvalue weighted by atomic mass is 16.6. The molecule has 0 amide bonds. The van der Waals surface area contributed by atoms with E-state index in [2.05, 4.69) is 12.8 Å². The summed E-state index contributed by atoms with van der Waals surface area (Å²) in [5.74, 6) is 2.40. The van der Waals surface area contributed by atoms with Crippen molar-refractivity contribution < 1.29 is 42.6 Å². The van der Waals surface area contributed by atoms with Crippen molar-refractivity contribution in [1.29, 1.82) is 0 Å². The van der Waals surface area contributed by atoms with Crippen molar-refractivity contribution in [2.24, 2.45) is 0 Å². The molecule has 0 aromatic rings. The van der Waals surface area contributed by atoms with E-state index in [0.29, 0.717) is 112 Å².